The molecule has 0 aromatic heterocycles. The summed E-state index contributed by atoms with van der Waals surface area (Å²) >= 11 is 12.0. The van der Waals surface area contributed by atoms with Crippen molar-refractivity contribution >= 4 is 35.1 Å². The second-order valence-electron chi connectivity index (χ2n) is 6.67. The molecule has 0 aliphatic heterocycles. The maximum atomic E-state index is 12.5. The van der Waals surface area contributed by atoms with Crippen LogP contribution >= 0.6 is 23.2 Å². The highest BCUT2D eigenvalue weighted by molar-refractivity contribution is 6.36. The van der Waals surface area contributed by atoms with E-state index in [1.807, 2.05) is 18.2 Å². The lowest BCUT2D eigenvalue weighted by molar-refractivity contribution is 0.0696. The number of aryl methyl sites for hydroxylation is 1. The largest absolute Gasteiger partial charge is 0.496 e. The Morgan fingerprint density at radius 1 is 0.967 bits per heavy atom. The number of nitrogens with one attached hydrogen (secondary N) is 1. The van der Waals surface area contributed by atoms with Crippen molar-refractivity contribution in [1.82, 2.24) is 5.32 Å². The summed E-state index contributed by atoms with van der Waals surface area (Å²) in [6, 6.07) is 15.4. The van der Waals surface area contributed by atoms with Crippen LogP contribution in [0.5, 0.6) is 5.75 Å². The van der Waals surface area contributed by atoms with Crippen molar-refractivity contribution in [1.29, 1.82) is 0 Å². The van der Waals surface area contributed by atoms with E-state index >= 15 is 0 Å². The summed E-state index contributed by atoms with van der Waals surface area (Å²) in [5.41, 5.74) is 3.57. The van der Waals surface area contributed by atoms with E-state index in [1.54, 1.807) is 44.4 Å². The summed E-state index contributed by atoms with van der Waals surface area (Å²) in [6.07, 6.45) is 0. The van der Waals surface area contributed by atoms with Crippen molar-refractivity contribution in [3.05, 3.63) is 86.9 Å². The molecule has 1 amide bonds. The van der Waals surface area contributed by atoms with Gasteiger partial charge in [-0.15, -0.1) is 0 Å². The first kappa shape index (κ1) is 21.7. The Morgan fingerprint density at radius 2 is 1.67 bits per heavy atom. The molecule has 5 nitrogen and oxygen atoms in total. The van der Waals surface area contributed by atoms with Crippen molar-refractivity contribution in [2.24, 2.45) is 0 Å². The highest BCUT2D eigenvalue weighted by Gasteiger charge is 2.14. The van der Waals surface area contributed by atoms with Crippen molar-refractivity contribution in [2.45, 2.75) is 13.5 Å². The lowest BCUT2D eigenvalue weighted by Crippen LogP contribution is -2.23. The SMILES string of the molecule is COc1ccc(-c2ccc(C)c(C(=O)O)c2)cc1CNC(=O)c1ccc(Cl)cc1Cl. The third-order valence-electron chi connectivity index (χ3n) is 4.70. The maximum absolute atomic E-state index is 12.5. The molecule has 0 aliphatic carbocycles. The number of amides is 1. The number of hydrogen-bond donors (Lipinski definition) is 2. The Hall–Kier alpha value is -3.02. The molecule has 3 aromatic carbocycles. The number of benzene rings is 3. The van der Waals surface area contributed by atoms with E-state index in [0.29, 0.717) is 21.9 Å². The molecule has 0 bridgehead atoms. The van der Waals surface area contributed by atoms with Gasteiger partial charge in [0.1, 0.15) is 5.75 Å². The van der Waals surface area contributed by atoms with Crippen molar-refractivity contribution in [2.75, 3.05) is 7.11 Å². The van der Waals surface area contributed by atoms with Gasteiger partial charge in [-0.05, 0) is 60.0 Å². The van der Waals surface area contributed by atoms with Crippen LogP contribution in [0.25, 0.3) is 11.1 Å². The molecular weight excluding hydrogens is 425 g/mol. The normalized spacial score (nSPS) is 10.5. The van der Waals surface area contributed by atoms with Gasteiger partial charge in [-0.25, -0.2) is 4.79 Å². The molecule has 30 heavy (non-hydrogen) atoms. The van der Waals surface area contributed by atoms with Crippen LogP contribution in [-0.2, 0) is 6.54 Å². The predicted octanol–water partition coefficient (Wildman–Crippen LogP) is 5.61. The van der Waals surface area contributed by atoms with E-state index in [0.717, 1.165) is 16.7 Å². The molecule has 154 valence electrons. The van der Waals surface area contributed by atoms with Crippen molar-refractivity contribution in [3.8, 4) is 16.9 Å². The standard InChI is InChI=1S/C23H19Cl2NO4/c1-13-3-4-15(10-19(13)23(28)29)14-5-8-21(30-2)16(9-14)12-26-22(27)18-7-6-17(24)11-20(18)25/h3-11H,12H2,1-2H3,(H,26,27)(H,28,29). The quantitative estimate of drug-likeness (QED) is 0.519. The van der Waals surface area contributed by atoms with E-state index in [9.17, 15) is 14.7 Å². The highest BCUT2D eigenvalue weighted by Crippen LogP contribution is 2.28. The fraction of sp³-hybridized carbons (Fsp3) is 0.130. The smallest absolute Gasteiger partial charge is 0.335 e. The molecule has 7 heteroatoms. The van der Waals surface area contributed by atoms with Crippen LogP contribution in [0.4, 0.5) is 0 Å². The van der Waals surface area contributed by atoms with Crippen LogP contribution < -0.4 is 10.1 Å². The first-order chi connectivity index (χ1) is 14.3. The van der Waals surface area contributed by atoms with Crippen molar-refractivity contribution < 1.29 is 19.4 Å². The van der Waals surface area contributed by atoms with Crippen LogP contribution in [0.1, 0.15) is 31.8 Å². The summed E-state index contributed by atoms with van der Waals surface area (Å²) in [4.78, 5) is 24.0. The minimum atomic E-state index is -0.977. The molecule has 3 aromatic rings. The highest BCUT2D eigenvalue weighted by atomic mass is 35.5. The zero-order chi connectivity index (χ0) is 21.8. The first-order valence-corrected chi connectivity index (χ1v) is 9.80. The topological polar surface area (TPSA) is 75.6 Å². The molecule has 2 N–H and O–H groups in total. The van der Waals surface area contributed by atoms with E-state index in [1.165, 1.54) is 6.07 Å². The van der Waals surface area contributed by atoms with E-state index in [2.05, 4.69) is 5.32 Å². The van der Waals surface area contributed by atoms with Gasteiger partial charge in [0.15, 0.2) is 0 Å². The number of ether oxygens (including phenoxy) is 1. The molecule has 0 radical (unpaired) electrons. The van der Waals surface area contributed by atoms with Crippen molar-refractivity contribution in [3.63, 3.8) is 0 Å². The lowest BCUT2D eigenvalue weighted by Gasteiger charge is -2.13. The monoisotopic (exact) mass is 443 g/mol. The third kappa shape index (κ3) is 4.75. The number of rotatable bonds is 6. The minimum absolute atomic E-state index is 0.201. The summed E-state index contributed by atoms with van der Waals surface area (Å²) < 4.78 is 5.41. The van der Waals surface area contributed by atoms with Crippen LogP contribution in [-0.4, -0.2) is 24.1 Å². The van der Waals surface area contributed by atoms with Crippen LogP contribution in [0.3, 0.4) is 0 Å². The van der Waals surface area contributed by atoms with E-state index in [-0.39, 0.29) is 23.0 Å². The molecule has 0 aliphatic rings. The zero-order valence-electron chi connectivity index (χ0n) is 16.3. The fourth-order valence-electron chi connectivity index (χ4n) is 3.07. The Labute approximate surface area is 184 Å². The summed E-state index contributed by atoms with van der Waals surface area (Å²) in [6.45, 7) is 1.95. The van der Waals surface area contributed by atoms with Gasteiger partial charge in [0.2, 0.25) is 0 Å². The molecular formula is C23H19Cl2NO4. The molecule has 3 rings (SSSR count). The molecule has 0 spiro atoms. The number of carboxylic acid groups (broad SMARTS) is 1. The van der Waals surface area contributed by atoms with Gasteiger partial charge in [-0.2, -0.15) is 0 Å². The Morgan fingerprint density at radius 3 is 2.33 bits per heavy atom. The van der Waals surface area contributed by atoms with Gasteiger partial charge >= 0.3 is 5.97 Å². The predicted molar refractivity (Wildman–Crippen MR) is 118 cm³/mol. The zero-order valence-corrected chi connectivity index (χ0v) is 17.8. The molecule has 0 heterocycles. The third-order valence-corrected chi connectivity index (χ3v) is 5.24. The number of carboxylic acids is 1. The van der Waals surface area contributed by atoms with Crippen LogP contribution in [0, 0.1) is 6.92 Å². The lowest BCUT2D eigenvalue weighted by atomic mass is 9.98. The Kier molecular flexibility index (Phi) is 6.65. The average Bonchev–Trinajstić information content (AvgIpc) is 2.72. The number of aromatic carboxylic acids is 1. The van der Waals surface area contributed by atoms with Gasteiger partial charge < -0.3 is 15.2 Å². The number of carbonyl (C=O) groups excluding carboxylic acids is 1. The molecule has 0 saturated heterocycles. The van der Waals surface area contributed by atoms with Gasteiger partial charge in [-0.1, -0.05) is 41.4 Å². The molecule has 0 unspecified atom stereocenters. The molecule has 0 atom stereocenters. The molecule has 0 fully saturated rings. The Bertz CT molecular complexity index is 1130. The summed E-state index contributed by atoms with van der Waals surface area (Å²) in [5.74, 6) is -0.713. The number of halogens is 2. The average molecular weight is 444 g/mol. The van der Waals surface area contributed by atoms with Gasteiger partial charge in [0.05, 0.1) is 23.3 Å². The van der Waals surface area contributed by atoms with Crippen LogP contribution in [0.15, 0.2) is 54.6 Å². The second kappa shape index (κ2) is 9.20. The number of hydrogen-bond acceptors (Lipinski definition) is 3. The number of methoxy groups -OCH3 is 1. The Balaban J connectivity index is 1.87. The number of carbonyl (C=O) groups is 2. The summed E-state index contributed by atoms with van der Waals surface area (Å²) in [7, 11) is 1.55. The van der Waals surface area contributed by atoms with Gasteiger partial charge in [-0.3, -0.25) is 4.79 Å². The maximum Gasteiger partial charge on any atom is 0.335 e. The fourth-order valence-corrected chi connectivity index (χ4v) is 3.57. The summed E-state index contributed by atoms with van der Waals surface area (Å²) in [5, 5.41) is 12.9. The molecule has 0 saturated carbocycles. The van der Waals surface area contributed by atoms with Gasteiger partial charge in [0, 0.05) is 17.1 Å². The minimum Gasteiger partial charge on any atom is -0.496 e. The van der Waals surface area contributed by atoms with E-state index < -0.39 is 5.97 Å². The van der Waals surface area contributed by atoms with E-state index in [4.69, 9.17) is 27.9 Å². The van der Waals surface area contributed by atoms with Crippen LogP contribution in [0.2, 0.25) is 10.0 Å². The second-order valence-corrected chi connectivity index (χ2v) is 7.51. The first-order valence-electron chi connectivity index (χ1n) is 9.04. The van der Waals surface area contributed by atoms with Gasteiger partial charge in [0.25, 0.3) is 5.91 Å².